The fourth-order valence-electron chi connectivity index (χ4n) is 3.20. The molecule has 0 saturated carbocycles. The third kappa shape index (κ3) is 4.34. The van der Waals surface area contributed by atoms with Crippen LogP contribution in [0, 0.1) is 6.92 Å². The Kier molecular flexibility index (Phi) is 6.18. The Bertz CT molecular complexity index is 1480. The lowest BCUT2D eigenvalue weighted by molar-refractivity contribution is 0.0954. The van der Waals surface area contributed by atoms with Crippen LogP contribution in [0.25, 0.3) is 4.83 Å². The number of hydrogen-bond donors (Lipinski definition) is 2. The third-order valence-corrected chi connectivity index (χ3v) is 7.28. The number of aryl methyl sites for hydroxylation is 1. The number of halogens is 2. The van der Waals surface area contributed by atoms with Crippen molar-refractivity contribution in [3.8, 4) is 0 Å². The lowest BCUT2D eigenvalue weighted by Gasteiger charge is -2.08. The van der Waals surface area contributed by atoms with Gasteiger partial charge in [-0.15, -0.1) is 11.3 Å². The molecule has 1 amide bonds. The van der Waals surface area contributed by atoms with Crippen LogP contribution < -0.4 is 22.3 Å². The molecule has 3 N–H and O–H groups in total. The van der Waals surface area contributed by atoms with Crippen molar-refractivity contribution in [1.82, 2.24) is 19.3 Å². The number of anilines is 1. The second kappa shape index (κ2) is 8.89. The number of rotatable bonds is 5. The maximum atomic E-state index is 13.0. The van der Waals surface area contributed by atoms with E-state index in [-0.39, 0.29) is 19.0 Å². The number of amides is 1. The van der Waals surface area contributed by atoms with Crippen molar-refractivity contribution in [3.05, 3.63) is 94.6 Å². The molecule has 11 heteroatoms. The summed E-state index contributed by atoms with van der Waals surface area (Å²) < 4.78 is 3.19. The van der Waals surface area contributed by atoms with Crippen LogP contribution in [0.4, 0.5) is 5.82 Å². The van der Waals surface area contributed by atoms with Gasteiger partial charge < -0.3 is 11.1 Å². The average molecular weight is 535 g/mol. The number of hydrogen-bond acceptors (Lipinski definition) is 6. The van der Waals surface area contributed by atoms with Crippen molar-refractivity contribution in [2.75, 3.05) is 5.73 Å². The van der Waals surface area contributed by atoms with Crippen molar-refractivity contribution in [2.24, 2.45) is 0 Å². The molecular formula is C21H17BrClN5O3S. The van der Waals surface area contributed by atoms with Gasteiger partial charge in [-0.2, -0.15) is 0 Å². The molecule has 0 saturated heterocycles. The van der Waals surface area contributed by atoms with Crippen molar-refractivity contribution in [1.29, 1.82) is 0 Å². The summed E-state index contributed by atoms with van der Waals surface area (Å²) in [5.74, 6) is 0.00644. The number of benzene rings is 1. The number of aromatic nitrogens is 3. The molecule has 0 aliphatic heterocycles. The summed E-state index contributed by atoms with van der Waals surface area (Å²) in [7, 11) is 0. The maximum absolute atomic E-state index is 13.0. The van der Waals surface area contributed by atoms with E-state index in [9.17, 15) is 14.4 Å². The van der Waals surface area contributed by atoms with Crippen molar-refractivity contribution in [2.45, 2.75) is 20.0 Å². The molecule has 164 valence electrons. The standard InChI is InChI=1S/C21H17BrClN5O3S/c1-11-19(30)27(9-13-2-3-14(22)15(23)6-13)21(31)28-10-16(32-20(11)28)18(29)26-8-12-4-5-25-17(24)7-12/h2-7,10H,8-9H2,1H3,(H2,24,25)(H,26,29). The van der Waals surface area contributed by atoms with Gasteiger partial charge in [-0.25, -0.2) is 9.78 Å². The van der Waals surface area contributed by atoms with E-state index in [4.69, 9.17) is 17.3 Å². The first-order valence-electron chi connectivity index (χ1n) is 9.42. The van der Waals surface area contributed by atoms with E-state index < -0.39 is 11.2 Å². The molecule has 0 aliphatic carbocycles. The molecule has 0 atom stereocenters. The highest BCUT2D eigenvalue weighted by Crippen LogP contribution is 2.23. The van der Waals surface area contributed by atoms with Gasteiger partial charge in [-0.1, -0.05) is 17.7 Å². The van der Waals surface area contributed by atoms with Gasteiger partial charge in [0.25, 0.3) is 11.5 Å². The SMILES string of the molecule is Cc1c(=O)n(Cc2ccc(Br)c(Cl)c2)c(=O)n2cc(C(=O)NCc3ccnc(N)c3)sc12. The van der Waals surface area contributed by atoms with Gasteiger partial charge in [0.2, 0.25) is 0 Å². The van der Waals surface area contributed by atoms with E-state index in [1.165, 1.54) is 10.6 Å². The lowest BCUT2D eigenvalue weighted by atomic mass is 10.2. The van der Waals surface area contributed by atoms with E-state index >= 15 is 0 Å². The van der Waals surface area contributed by atoms with Crippen LogP contribution in [0.2, 0.25) is 5.02 Å². The monoisotopic (exact) mass is 533 g/mol. The highest BCUT2D eigenvalue weighted by Gasteiger charge is 2.18. The number of pyridine rings is 1. The van der Waals surface area contributed by atoms with E-state index in [1.54, 1.807) is 43.5 Å². The van der Waals surface area contributed by atoms with Gasteiger partial charge in [0.15, 0.2) is 0 Å². The summed E-state index contributed by atoms with van der Waals surface area (Å²) in [5, 5.41) is 3.28. The van der Waals surface area contributed by atoms with Gasteiger partial charge in [0.1, 0.15) is 15.5 Å². The summed E-state index contributed by atoms with van der Waals surface area (Å²) in [6.45, 7) is 1.96. The van der Waals surface area contributed by atoms with Crippen LogP contribution in [-0.4, -0.2) is 19.9 Å². The molecule has 0 radical (unpaired) electrons. The number of carbonyl (C=O) groups excluding carboxylic acids is 1. The third-order valence-electron chi connectivity index (χ3n) is 4.84. The highest BCUT2D eigenvalue weighted by atomic mass is 79.9. The summed E-state index contributed by atoms with van der Waals surface area (Å²) in [6, 6.07) is 8.65. The maximum Gasteiger partial charge on any atom is 0.336 e. The molecule has 8 nitrogen and oxygen atoms in total. The van der Waals surface area contributed by atoms with Crippen molar-refractivity contribution in [3.63, 3.8) is 0 Å². The Labute approximate surface area is 199 Å². The number of carbonyl (C=O) groups is 1. The molecule has 3 aromatic heterocycles. The number of nitrogens with zero attached hydrogens (tertiary/aromatic N) is 3. The van der Waals surface area contributed by atoms with Crippen LogP contribution >= 0.6 is 38.9 Å². The zero-order valence-electron chi connectivity index (χ0n) is 16.8. The normalized spacial score (nSPS) is 11.1. The minimum absolute atomic E-state index is 0.0648. The fraction of sp³-hybridized carbons (Fsp3) is 0.143. The van der Waals surface area contributed by atoms with Gasteiger partial charge >= 0.3 is 5.69 Å². The molecule has 0 spiro atoms. The topological polar surface area (TPSA) is 111 Å². The molecule has 32 heavy (non-hydrogen) atoms. The quantitative estimate of drug-likeness (QED) is 0.408. The Morgan fingerprint density at radius 3 is 2.75 bits per heavy atom. The van der Waals surface area contributed by atoms with Crippen LogP contribution in [0.5, 0.6) is 0 Å². The van der Waals surface area contributed by atoms with Gasteiger partial charge in [-0.05, 0) is 58.2 Å². The molecule has 4 aromatic rings. The lowest BCUT2D eigenvalue weighted by Crippen LogP contribution is -2.38. The molecule has 4 rings (SSSR count). The number of thiazole rings is 1. The minimum atomic E-state index is -0.521. The number of fused-ring (bicyclic) bond motifs is 1. The van der Waals surface area contributed by atoms with Gasteiger partial charge in [0, 0.05) is 29.0 Å². The van der Waals surface area contributed by atoms with Crippen LogP contribution in [0.3, 0.4) is 0 Å². The highest BCUT2D eigenvalue weighted by molar-refractivity contribution is 9.10. The van der Waals surface area contributed by atoms with E-state index in [0.717, 1.165) is 25.9 Å². The second-order valence-electron chi connectivity index (χ2n) is 7.09. The van der Waals surface area contributed by atoms with Crippen molar-refractivity contribution >= 4 is 55.4 Å². The zero-order chi connectivity index (χ0) is 23.0. The molecule has 3 heterocycles. The smallest absolute Gasteiger partial charge is 0.336 e. The van der Waals surface area contributed by atoms with Crippen LogP contribution in [0.1, 0.15) is 26.4 Å². The predicted molar refractivity (Wildman–Crippen MR) is 129 cm³/mol. The first-order chi connectivity index (χ1) is 15.2. The molecule has 0 aliphatic rings. The van der Waals surface area contributed by atoms with Crippen LogP contribution in [-0.2, 0) is 13.1 Å². The van der Waals surface area contributed by atoms with E-state index in [1.807, 2.05) is 0 Å². The predicted octanol–water partition coefficient (Wildman–Crippen LogP) is 3.20. The fourth-order valence-corrected chi connectivity index (χ4v) is 4.66. The van der Waals surface area contributed by atoms with Crippen molar-refractivity contribution < 1.29 is 4.79 Å². The number of nitrogens with one attached hydrogen (secondary N) is 1. The van der Waals surface area contributed by atoms with E-state index in [2.05, 4.69) is 26.2 Å². The van der Waals surface area contributed by atoms with Gasteiger partial charge in [0.05, 0.1) is 11.6 Å². The molecular weight excluding hydrogens is 518 g/mol. The van der Waals surface area contributed by atoms with E-state index in [0.29, 0.717) is 31.7 Å². The Morgan fingerprint density at radius 2 is 2.03 bits per heavy atom. The first-order valence-corrected chi connectivity index (χ1v) is 11.4. The summed E-state index contributed by atoms with van der Waals surface area (Å²) in [6.07, 6.45) is 3.02. The first kappa shape index (κ1) is 22.3. The minimum Gasteiger partial charge on any atom is -0.384 e. The summed E-state index contributed by atoms with van der Waals surface area (Å²) in [5.41, 5.74) is 6.63. The average Bonchev–Trinajstić information content (AvgIpc) is 3.22. The molecule has 1 aromatic carbocycles. The van der Waals surface area contributed by atoms with Crippen LogP contribution in [0.15, 0.2) is 56.8 Å². The number of nitrogen functional groups attached to an aromatic ring is 1. The zero-order valence-corrected chi connectivity index (χ0v) is 19.9. The largest absolute Gasteiger partial charge is 0.384 e. The Balaban J connectivity index is 1.66. The number of nitrogens with two attached hydrogens (primary N) is 1. The molecule has 0 fully saturated rings. The molecule has 0 bridgehead atoms. The molecule has 0 unspecified atom stereocenters. The summed E-state index contributed by atoms with van der Waals surface area (Å²) >= 11 is 10.6. The summed E-state index contributed by atoms with van der Waals surface area (Å²) in [4.78, 5) is 43.2. The second-order valence-corrected chi connectivity index (χ2v) is 9.38. The Morgan fingerprint density at radius 1 is 1.25 bits per heavy atom. The Hall–Kier alpha value is -2.95. The van der Waals surface area contributed by atoms with Gasteiger partial charge in [-0.3, -0.25) is 18.6 Å².